The third-order valence-corrected chi connectivity index (χ3v) is 4.77. The number of hydrogen-bond acceptors (Lipinski definition) is 2. The van der Waals surface area contributed by atoms with Crippen molar-refractivity contribution in [2.24, 2.45) is 5.92 Å². The number of rotatable bonds is 2. The van der Waals surface area contributed by atoms with E-state index < -0.39 is 5.60 Å². The highest BCUT2D eigenvalue weighted by molar-refractivity contribution is 5.25. The topological polar surface area (TPSA) is 23.5 Å². The van der Waals surface area contributed by atoms with Gasteiger partial charge in [0.15, 0.2) is 0 Å². The van der Waals surface area contributed by atoms with Crippen LogP contribution >= 0.6 is 0 Å². The third kappa shape index (κ3) is 2.49. The molecule has 0 amide bonds. The van der Waals surface area contributed by atoms with Gasteiger partial charge in [-0.05, 0) is 32.8 Å². The van der Waals surface area contributed by atoms with Gasteiger partial charge in [0.05, 0.1) is 11.1 Å². The standard InChI is InChI=1S/C18H25NO/c1-6-17(4,5)19-13-14(2)18(20,12-15(19)3)16-10-8-7-9-11-16/h1,7-11,14-15,20H,12-13H2,2-5H3/t14-,15-,18+/m1/s1. The van der Waals surface area contributed by atoms with E-state index in [1.54, 1.807) is 0 Å². The molecule has 20 heavy (non-hydrogen) atoms. The second kappa shape index (κ2) is 5.24. The highest BCUT2D eigenvalue weighted by Gasteiger charge is 2.46. The Bertz CT molecular complexity index is 502. The fourth-order valence-corrected chi connectivity index (χ4v) is 3.38. The van der Waals surface area contributed by atoms with Crippen LogP contribution in [0.1, 0.15) is 39.7 Å². The second-order valence-corrected chi connectivity index (χ2v) is 6.60. The van der Waals surface area contributed by atoms with Crippen LogP contribution in [0, 0.1) is 18.3 Å². The van der Waals surface area contributed by atoms with Gasteiger partial charge in [0.1, 0.15) is 0 Å². The molecule has 1 aliphatic heterocycles. The SMILES string of the molecule is C#CC(C)(C)N1C[C@@H](C)[C@](O)(c2ccccc2)C[C@H]1C. The van der Waals surface area contributed by atoms with Crippen molar-refractivity contribution in [1.29, 1.82) is 0 Å². The third-order valence-electron chi connectivity index (χ3n) is 4.77. The number of likely N-dealkylation sites (tertiary alicyclic amines) is 1. The fourth-order valence-electron chi connectivity index (χ4n) is 3.38. The van der Waals surface area contributed by atoms with E-state index in [0.717, 1.165) is 12.1 Å². The number of terminal acetylenes is 1. The van der Waals surface area contributed by atoms with Crippen LogP contribution in [0.25, 0.3) is 0 Å². The molecule has 0 aromatic heterocycles. The summed E-state index contributed by atoms with van der Waals surface area (Å²) >= 11 is 0. The largest absolute Gasteiger partial charge is 0.385 e. The van der Waals surface area contributed by atoms with Gasteiger partial charge in [-0.25, -0.2) is 0 Å². The lowest BCUT2D eigenvalue weighted by Gasteiger charge is -2.51. The highest BCUT2D eigenvalue weighted by Crippen LogP contribution is 2.41. The maximum atomic E-state index is 11.2. The maximum Gasteiger partial charge on any atom is 0.0948 e. The molecule has 0 radical (unpaired) electrons. The Morgan fingerprint density at radius 2 is 1.90 bits per heavy atom. The lowest BCUT2D eigenvalue weighted by molar-refractivity contribution is -0.105. The van der Waals surface area contributed by atoms with Crippen molar-refractivity contribution in [3.63, 3.8) is 0 Å². The van der Waals surface area contributed by atoms with Crippen molar-refractivity contribution in [3.8, 4) is 12.3 Å². The molecule has 0 bridgehead atoms. The van der Waals surface area contributed by atoms with Gasteiger partial charge < -0.3 is 5.11 Å². The van der Waals surface area contributed by atoms with Crippen molar-refractivity contribution in [1.82, 2.24) is 4.90 Å². The van der Waals surface area contributed by atoms with Crippen molar-refractivity contribution in [2.75, 3.05) is 6.54 Å². The first-order valence-electron chi connectivity index (χ1n) is 7.33. The summed E-state index contributed by atoms with van der Waals surface area (Å²) in [5.41, 5.74) is -0.0226. The quantitative estimate of drug-likeness (QED) is 0.836. The Hall–Kier alpha value is -1.30. The van der Waals surface area contributed by atoms with Crippen LogP contribution in [0.3, 0.4) is 0 Å². The van der Waals surface area contributed by atoms with Gasteiger partial charge in [-0.3, -0.25) is 4.90 Å². The molecule has 1 N–H and O–H groups in total. The smallest absolute Gasteiger partial charge is 0.0948 e. The van der Waals surface area contributed by atoms with E-state index >= 15 is 0 Å². The summed E-state index contributed by atoms with van der Waals surface area (Å²) in [6, 6.07) is 10.3. The molecule has 2 nitrogen and oxygen atoms in total. The Morgan fingerprint density at radius 3 is 2.45 bits per heavy atom. The zero-order valence-corrected chi connectivity index (χ0v) is 12.9. The van der Waals surface area contributed by atoms with Crippen LogP contribution in [-0.2, 0) is 5.60 Å². The predicted octanol–water partition coefficient (Wildman–Crippen LogP) is 3.02. The van der Waals surface area contributed by atoms with Crippen molar-refractivity contribution in [3.05, 3.63) is 35.9 Å². The number of aliphatic hydroxyl groups is 1. The molecule has 2 rings (SSSR count). The van der Waals surface area contributed by atoms with Crippen molar-refractivity contribution >= 4 is 0 Å². The van der Waals surface area contributed by atoms with Crippen LogP contribution in [-0.4, -0.2) is 28.1 Å². The summed E-state index contributed by atoms with van der Waals surface area (Å²) in [6.07, 6.45) is 6.38. The molecule has 2 heteroatoms. The van der Waals surface area contributed by atoms with E-state index in [1.165, 1.54) is 0 Å². The molecule has 1 heterocycles. The van der Waals surface area contributed by atoms with E-state index in [2.05, 4.69) is 38.5 Å². The summed E-state index contributed by atoms with van der Waals surface area (Å²) < 4.78 is 0. The van der Waals surface area contributed by atoms with Gasteiger partial charge in [0.2, 0.25) is 0 Å². The summed E-state index contributed by atoms with van der Waals surface area (Å²) in [4.78, 5) is 2.33. The first-order valence-corrected chi connectivity index (χ1v) is 7.33. The summed E-state index contributed by atoms with van der Waals surface area (Å²) in [5.74, 6) is 3.02. The van der Waals surface area contributed by atoms with Gasteiger partial charge in [0, 0.05) is 18.5 Å². The molecule has 0 saturated carbocycles. The molecule has 1 aromatic rings. The van der Waals surface area contributed by atoms with E-state index in [4.69, 9.17) is 6.42 Å². The van der Waals surface area contributed by atoms with E-state index in [0.29, 0.717) is 6.42 Å². The normalized spacial score (nSPS) is 31.8. The minimum Gasteiger partial charge on any atom is -0.385 e. The minimum absolute atomic E-state index is 0.147. The highest BCUT2D eigenvalue weighted by atomic mass is 16.3. The molecule has 108 valence electrons. The Kier molecular flexibility index (Phi) is 3.95. The van der Waals surface area contributed by atoms with Crippen molar-refractivity contribution < 1.29 is 5.11 Å². The van der Waals surface area contributed by atoms with Gasteiger partial charge in [-0.1, -0.05) is 43.2 Å². The van der Waals surface area contributed by atoms with E-state index in [-0.39, 0.29) is 17.5 Å². The molecule has 3 atom stereocenters. The average Bonchev–Trinajstić information content (AvgIpc) is 2.43. The molecular formula is C18H25NO. The Labute approximate surface area is 122 Å². The van der Waals surface area contributed by atoms with Crippen LogP contribution in [0.15, 0.2) is 30.3 Å². The van der Waals surface area contributed by atoms with Crippen LogP contribution in [0.5, 0.6) is 0 Å². The summed E-state index contributed by atoms with van der Waals surface area (Å²) in [6.45, 7) is 9.22. The lowest BCUT2D eigenvalue weighted by atomic mass is 9.73. The zero-order valence-electron chi connectivity index (χ0n) is 12.9. The van der Waals surface area contributed by atoms with Gasteiger partial charge in [0.25, 0.3) is 0 Å². The van der Waals surface area contributed by atoms with Gasteiger partial charge >= 0.3 is 0 Å². The molecule has 1 aliphatic rings. The first-order chi connectivity index (χ1) is 9.31. The number of hydrogen-bond donors (Lipinski definition) is 1. The molecule has 0 spiro atoms. The van der Waals surface area contributed by atoms with Crippen LogP contribution in [0.4, 0.5) is 0 Å². The zero-order chi connectivity index (χ0) is 15.0. The van der Waals surface area contributed by atoms with Gasteiger partial charge in [-0.15, -0.1) is 6.42 Å². The summed E-state index contributed by atoms with van der Waals surface area (Å²) in [7, 11) is 0. The second-order valence-electron chi connectivity index (χ2n) is 6.60. The molecule has 1 saturated heterocycles. The number of nitrogens with zero attached hydrogens (tertiary/aromatic N) is 1. The predicted molar refractivity (Wildman–Crippen MR) is 83.2 cm³/mol. The van der Waals surface area contributed by atoms with Gasteiger partial charge in [-0.2, -0.15) is 0 Å². The maximum absolute atomic E-state index is 11.2. The molecule has 1 aromatic carbocycles. The van der Waals surface area contributed by atoms with E-state index in [9.17, 15) is 5.11 Å². The minimum atomic E-state index is -0.762. The average molecular weight is 271 g/mol. The number of piperidine rings is 1. The summed E-state index contributed by atoms with van der Waals surface area (Å²) in [5, 5.41) is 11.2. The Balaban J connectivity index is 2.29. The molecule has 1 fully saturated rings. The molecule has 0 unspecified atom stereocenters. The Morgan fingerprint density at radius 1 is 1.30 bits per heavy atom. The lowest BCUT2D eigenvalue weighted by Crippen LogP contribution is -2.59. The molecule has 0 aliphatic carbocycles. The molecular weight excluding hydrogens is 246 g/mol. The van der Waals surface area contributed by atoms with Crippen LogP contribution < -0.4 is 0 Å². The van der Waals surface area contributed by atoms with E-state index in [1.807, 2.05) is 30.3 Å². The first kappa shape index (κ1) is 15.1. The number of benzene rings is 1. The fraction of sp³-hybridized carbons (Fsp3) is 0.556. The van der Waals surface area contributed by atoms with Crippen LogP contribution in [0.2, 0.25) is 0 Å². The monoisotopic (exact) mass is 271 g/mol. The van der Waals surface area contributed by atoms with Crippen molar-refractivity contribution in [2.45, 2.75) is 51.3 Å².